The zero-order chi connectivity index (χ0) is 22.7. The van der Waals surface area contributed by atoms with Gasteiger partial charge >= 0.3 is 0 Å². The van der Waals surface area contributed by atoms with Crippen molar-refractivity contribution in [3.63, 3.8) is 0 Å². The molecule has 0 unspecified atom stereocenters. The largest absolute Gasteiger partial charge is 0.462 e. The Kier molecular flexibility index (Phi) is 3.83. The molecule has 3 aliphatic rings. The van der Waals surface area contributed by atoms with E-state index in [1.54, 1.807) is 19.4 Å². The topological polar surface area (TPSA) is 93.5 Å². The molecule has 2 N–H and O–H groups in total. The lowest BCUT2D eigenvalue weighted by atomic mass is 9.59. The minimum absolute atomic E-state index is 0.109. The number of nitriles is 1. The maximum Gasteiger partial charge on any atom is 0.283 e. The van der Waals surface area contributed by atoms with Gasteiger partial charge in [0.05, 0.1) is 14.4 Å². The van der Waals surface area contributed by atoms with E-state index in [1.165, 1.54) is 6.20 Å². The number of nitrogens with zero attached hydrogens (tertiary/aromatic N) is 3. The molecule has 5 rings (SSSR count). The summed E-state index contributed by atoms with van der Waals surface area (Å²) in [5.41, 5.74) is 8.32. The van der Waals surface area contributed by atoms with Crippen molar-refractivity contribution in [2.75, 3.05) is 13.7 Å². The van der Waals surface area contributed by atoms with Crippen LogP contribution in [0.1, 0.15) is 45.6 Å². The van der Waals surface area contributed by atoms with Crippen LogP contribution in [0.5, 0.6) is 0 Å². The fraction of sp³-hybridized carbons (Fsp3) is 0.458. The Morgan fingerprint density at radius 2 is 2.20 bits per heavy atom. The highest BCUT2D eigenvalue weighted by Gasteiger charge is 2.62. The summed E-state index contributed by atoms with van der Waals surface area (Å²) in [6.45, 7) is 0.0854. The third-order valence-corrected chi connectivity index (χ3v) is 7.14. The van der Waals surface area contributed by atoms with Gasteiger partial charge in [0, 0.05) is 30.5 Å². The maximum absolute atomic E-state index is 9.26. The van der Waals surface area contributed by atoms with Gasteiger partial charge in [-0.1, -0.05) is 19.1 Å². The van der Waals surface area contributed by atoms with Gasteiger partial charge in [-0.05, 0) is 60.4 Å². The molecule has 6 heteroatoms. The highest BCUT2D eigenvalue weighted by molar-refractivity contribution is 5.76. The molecule has 1 fully saturated rings. The highest BCUT2D eigenvalue weighted by Crippen LogP contribution is 2.62. The number of nitrogens with two attached hydrogens (primary N) is 1. The maximum atomic E-state index is 9.26. The third-order valence-electron chi connectivity index (χ3n) is 7.14. The second-order valence-corrected chi connectivity index (χ2v) is 8.76. The number of hydrogen-bond donors (Lipinski definition) is 1. The number of amidine groups is 1. The number of benzene rings is 1. The van der Waals surface area contributed by atoms with E-state index in [0.29, 0.717) is 12.0 Å². The lowest BCUT2D eigenvalue weighted by Gasteiger charge is -2.47. The molecule has 6 nitrogen and oxygen atoms in total. The number of ether oxygens (including phenoxy) is 2. The van der Waals surface area contributed by atoms with Crippen molar-refractivity contribution < 1.29 is 12.2 Å². The summed E-state index contributed by atoms with van der Waals surface area (Å²) < 4.78 is 29.0. The fourth-order valence-electron chi connectivity index (χ4n) is 5.76. The van der Waals surface area contributed by atoms with Crippen molar-refractivity contribution in [1.82, 2.24) is 4.98 Å². The van der Waals surface area contributed by atoms with Gasteiger partial charge in [0.2, 0.25) is 0 Å². The minimum Gasteiger partial charge on any atom is -0.462 e. The van der Waals surface area contributed by atoms with E-state index in [9.17, 15) is 5.26 Å². The van der Waals surface area contributed by atoms with Crippen molar-refractivity contribution >= 4 is 6.02 Å². The molecule has 2 spiro atoms. The summed E-state index contributed by atoms with van der Waals surface area (Å²) in [4.78, 5) is 8.92. The van der Waals surface area contributed by atoms with Gasteiger partial charge in [-0.25, -0.2) is 4.99 Å². The summed E-state index contributed by atoms with van der Waals surface area (Å²) in [5, 5.41) is 9.26. The van der Waals surface area contributed by atoms with Crippen LogP contribution in [0.4, 0.5) is 0 Å². The molecule has 30 heavy (non-hydrogen) atoms. The minimum atomic E-state index is -2.08. The van der Waals surface area contributed by atoms with Crippen LogP contribution < -0.4 is 5.73 Å². The molecule has 0 radical (unpaired) electrons. The van der Waals surface area contributed by atoms with Gasteiger partial charge in [-0.2, -0.15) is 5.26 Å². The molecule has 4 atom stereocenters. The van der Waals surface area contributed by atoms with E-state index < -0.39 is 17.5 Å². The molecular weight excluding hydrogens is 376 g/mol. The van der Waals surface area contributed by atoms with Crippen molar-refractivity contribution in [2.24, 2.45) is 22.1 Å². The number of aromatic nitrogens is 1. The monoisotopic (exact) mass is 404 g/mol. The third kappa shape index (κ3) is 2.65. The number of methoxy groups -OCH3 is 1. The van der Waals surface area contributed by atoms with Crippen LogP contribution in [0.2, 0.25) is 0 Å². The lowest BCUT2D eigenvalue weighted by Crippen LogP contribution is -2.48. The predicted octanol–water partition coefficient (Wildman–Crippen LogP) is 3.54. The average molecular weight is 405 g/mol. The summed E-state index contributed by atoms with van der Waals surface area (Å²) in [7, 11) is 1.74. The van der Waals surface area contributed by atoms with Gasteiger partial charge in [-0.3, -0.25) is 4.98 Å². The van der Waals surface area contributed by atoms with Crippen LogP contribution in [-0.2, 0) is 21.4 Å². The highest BCUT2D eigenvalue weighted by atomic mass is 16.5. The Balaban J connectivity index is 1.69. The van der Waals surface area contributed by atoms with E-state index in [0.717, 1.165) is 41.5 Å². The molecule has 0 amide bonds. The normalized spacial score (nSPS) is 34.6. The Hall–Kier alpha value is -2.91. The Labute approximate surface area is 179 Å². The van der Waals surface area contributed by atoms with Crippen molar-refractivity contribution in [1.29, 1.82) is 5.26 Å². The van der Waals surface area contributed by atoms with Crippen LogP contribution >= 0.6 is 0 Å². The Bertz CT molecular complexity index is 1160. The SMILES string of the molecule is [2H]C1([2H])OC(N)=N[C@]12c1cc(-c3cncc(C#N)c3)ccc1C[C@@]21CC[C@H](OC)[C@@H](C)C1. The Morgan fingerprint density at radius 1 is 1.33 bits per heavy atom. The molecule has 0 saturated heterocycles. The number of fused-ring (bicyclic) bond motifs is 3. The van der Waals surface area contributed by atoms with Crippen LogP contribution in [-0.4, -0.2) is 30.8 Å². The quantitative estimate of drug-likeness (QED) is 0.826. The Morgan fingerprint density at radius 3 is 2.90 bits per heavy atom. The smallest absolute Gasteiger partial charge is 0.283 e. The van der Waals surface area contributed by atoms with Gasteiger partial charge in [0.25, 0.3) is 6.02 Å². The molecule has 154 valence electrons. The molecular formula is C24H26N4O2. The van der Waals surface area contributed by atoms with E-state index in [1.807, 2.05) is 18.2 Å². The molecule has 1 aromatic heterocycles. The second-order valence-electron chi connectivity index (χ2n) is 8.76. The van der Waals surface area contributed by atoms with Crippen molar-refractivity contribution in [2.45, 2.75) is 44.2 Å². The van der Waals surface area contributed by atoms with Crippen molar-refractivity contribution in [3.05, 3.63) is 53.3 Å². The predicted molar refractivity (Wildman–Crippen MR) is 114 cm³/mol. The second kappa shape index (κ2) is 6.82. The number of rotatable bonds is 2. The number of hydrogen-bond acceptors (Lipinski definition) is 6. The zero-order valence-electron chi connectivity index (χ0n) is 19.2. The van der Waals surface area contributed by atoms with Crippen LogP contribution in [0.3, 0.4) is 0 Å². The van der Waals surface area contributed by atoms with Crippen LogP contribution in [0.25, 0.3) is 11.1 Å². The lowest BCUT2D eigenvalue weighted by molar-refractivity contribution is -0.0445. The molecule has 1 aliphatic heterocycles. The summed E-state index contributed by atoms with van der Waals surface area (Å²) in [5.74, 6) is 0.253. The first-order chi connectivity index (χ1) is 15.2. The molecule has 2 heterocycles. The number of aliphatic imine (C=N–C) groups is 1. The fourth-order valence-corrected chi connectivity index (χ4v) is 5.76. The van der Waals surface area contributed by atoms with Crippen LogP contribution in [0.15, 0.2) is 41.7 Å². The first kappa shape index (κ1) is 16.8. The average Bonchev–Trinajstić information content (AvgIpc) is 3.18. The van der Waals surface area contributed by atoms with Gasteiger partial charge in [0.15, 0.2) is 0 Å². The molecule has 0 bridgehead atoms. The summed E-state index contributed by atoms with van der Waals surface area (Å²) >= 11 is 0. The van der Waals surface area contributed by atoms with Crippen LogP contribution in [0, 0.1) is 22.7 Å². The van der Waals surface area contributed by atoms with Gasteiger partial charge in [0.1, 0.15) is 18.2 Å². The van der Waals surface area contributed by atoms with Gasteiger partial charge in [-0.15, -0.1) is 0 Å². The zero-order valence-corrected chi connectivity index (χ0v) is 17.2. The molecule has 2 aliphatic carbocycles. The summed E-state index contributed by atoms with van der Waals surface area (Å²) in [6.07, 6.45) is 6.46. The van der Waals surface area contributed by atoms with Gasteiger partial charge < -0.3 is 15.2 Å². The first-order valence-corrected chi connectivity index (χ1v) is 10.3. The first-order valence-electron chi connectivity index (χ1n) is 11.3. The van der Waals surface area contributed by atoms with E-state index >= 15 is 0 Å². The standard InChI is InChI=1S/C24H26N4O2/c1-15-9-23(6-5-21(15)29-2)10-18-4-3-17(19-7-16(11-25)12-27-13-19)8-20(18)24(23)14-30-22(26)28-24/h3-4,7-8,12-13,15,21H,5-6,9-10,14H2,1-2H3,(H2,26,28)/t15-,21-,23-,24-/m0/s1/i14D2. The van der Waals surface area contributed by atoms with Crippen molar-refractivity contribution in [3.8, 4) is 17.2 Å². The van der Waals surface area contributed by atoms with E-state index in [4.69, 9.17) is 22.9 Å². The number of pyridine rings is 1. The molecule has 2 aromatic rings. The molecule has 1 aromatic carbocycles. The molecule has 1 saturated carbocycles. The van der Waals surface area contributed by atoms with E-state index in [-0.39, 0.29) is 18.0 Å². The summed E-state index contributed by atoms with van der Waals surface area (Å²) in [6, 6.07) is 9.84. The van der Waals surface area contributed by atoms with E-state index in [2.05, 4.69) is 18.0 Å².